The molecule has 0 atom stereocenters. The highest BCUT2D eigenvalue weighted by Crippen LogP contribution is 2.43. The van der Waals surface area contributed by atoms with Gasteiger partial charge in [-0.2, -0.15) is 0 Å². The fourth-order valence-corrected chi connectivity index (χ4v) is 6.82. The summed E-state index contributed by atoms with van der Waals surface area (Å²) in [6, 6.07) is 34.5. The van der Waals surface area contributed by atoms with E-state index in [1.165, 1.54) is 32.3 Å². The van der Waals surface area contributed by atoms with Crippen LogP contribution in [0.15, 0.2) is 101 Å². The second kappa shape index (κ2) is 7.42. The topological polar surface area (TPSA) is 13.1 Å². The second-order valence-electron chi connectivity index (χ2n) is 8.70. The summed E-state index contributed by atoms with van der Waals surface area (Å²) >= 11 is 0. The lowest BCUT2D eigenvalue weighted by Crippen LogP contribution is -2.26. The minimum atomic E-state index is -0.800. The van der Waals surface area contributed by atoms with E-state index in [0.29, 0.717) is 0 Å². The molecular weight excluding hydrogens is 383 g/mol. The van der Waals surface area contributed by atoms with E-state index < -0.39 is 7.92 Å². The van der Waals surface area contributed by atoms with Crippen LogP contribution < -0.4 is 16.1 Å². The lowest BCUT2D eigenvalue weighted by atomic mass is 9.85. The van der Waals surface area contributed by atoms with Gasteiger partial charge in [-0.3, -0.25) is 0 Å². The van der Waals surface area contributed by atoms with Crippen molar-refractivity contribution in [1.29, 1.82) is 0 Å². The first-order valence-electron chi connectivity index (χ1n) is 10.4. The van der Waals surface area contributed by atoms with Crippen molar-refractivity contribution in [3.8, 4) is 0 Å². The Balaban J connectivity index is 1.89. The molecule has 4 aromatic carbocycles. The maximum Gasteiger partial charge on any atom is 0.139 e. The fraction of sp³-hybridized carbons (Fsp3) is 0.143. The molecule has 1 nitrogen and oxygen atoms in total. The third kappa shape index (κ3) is 3.24. The van der Waals surface area contributed by atoms with Crippen molar-refractivity contribution in [2.24, 2.45) is 0 Å². The quantitative estimate of drug-likeness (QED) is 0.305. The minimum absolute atomic E-state index is 0.0468. The van der Waals surface area contributed by atoms with Gasteiger partial charge in [-0.05, 0) is 32.9 Å². The van der Waals surface area contributed by atoms with Crippen molar-refractivity contribution in [3.05, 3.63) is 103 Å². The maximum absolute atomic E-state index is 6.73. The fourth-order valence-electron chi connectivity index (χ4n) is 4.25. The van der Waals surface area contributed by atoms with Crippen LogP contribution in [0.2, 0.25) is 0 Å². The molecule has 5 aromatic rings. The Morgan fingerprint density at radius 1 is 0.633 bits per heavy atom. The molecule has 0 bridgehead atoms. The molecule has 0 aliphatic heterocycles. The van der Waals surface area contributed by atoms with Gasteiger partial charge in [-0.25, -0.2) is 0 Å². The normalized spacial score (nSPS) is 12.1. The Hall–Kier alpha value is -2.89. The van der Waals surface area contributed by atoms with Crippen LogP contribution in [0.1, 0.15) is 26.3 Å². The molecule has 0 aliphatic carbocycles. The molecule has 30 heavy (non-hydrogen) atoms. The van der Waals surface area contributed by atoms with E-state index in [1.54, 1.807) is 0 Å². The van der Waals surface area contributed by atoms with E-state index in [9.17, 15) is 0 Å². The Labute approximate surface area is 179 Å². The van der Waals surface area contributed by atoms with Crippen LogP contribution in [-0.2, 0) is 5.41 Å². The summed E-state index contributed by atoms with van der Waals surface area (Å²) < 4.78 is 6.73. The molecule has 1 heterocycles. The van der Waals surface area contributed by atoms with Gasteiger partial charge in [0.15, 0.2) is 0 Å². The first-order valence-corrected chi connectivity index (χ1v) is 11.7. The number of furan rings is 1. The zero-order valence-corrected chi connectivity index (χ0v) is 18.5. The first kappa shape index (κ1) is 19.1. The monoisotopic (exact) mass is 408 g/mol. The maximum atomic E-state index is 6.73. The van der Waals surface area contributed by atoms with E-state index in [2.05, 4.69) is 118 Å². The van der Waals surface area contributed by atoms with Crippen molar-refractivity contribution < 1.29 is 4.42 Å². The summed E-state index contributed by atoms with van der Waals surface area (Å²) in [5.41, 5.74) is 3.37. The molecule has 1 aromatic heterocycles. The summed E-state index contributed by atoms with van der Waals surface area (Å²) in [4.78, 5) is 0. The van der Waals surface area contributed by atoms with Gasteiger partial charge in [-0.1, -0.05) is 112 Å². The predicted molar refractivity (Wildman–Crippen MR) is 131 cm³/mol. The molecule has 0 radical (unpaired) electrons. The average Bonchev–Trinajstić information content (AvgIpc) is 3.15. The minimum Gasteiger partial charge on any atom is -0.455 e. The van der Waals surface area contributed by atoms with Gasteiger partial charge in [0.05, 0.1) is 0 Å². The summed E-state index contributed by atoms with van der Waals surface area (Å²) in [5.74, 6) is 0. The molecule has 0 aliphatic rings. The third-order valence-corrected chi connectivity index (χ3v) is 7.89. The molecule has 5 rings (SSSR count). The summed E-state index contributed by atoms with van der Waals surface area (Å²) in [6.07, 6.45) is 0. The molecule has 0 fully saturated rings. The summed E-state index contributed by atoms with van der Waals surface area (Å²) in [6.45, 7) is 6.89. The summed E-state index contributed by atoms with van der Waals surface area (Å²) in [7, 11) is -0.800. The van der Waals surface area contributed by atoms with E-state index in [0.717, 1.165) is 11.1 Å². The SMILES string of the molecule is CC(C)(C)c1c(P(c2ccccc2)c2ccccc2)oc2ccc3ccccc3c12. The smallest absolute Gasteiger partial charge is 0.139 e. The van der Waals surface area contributed by atoms with Crippen molar-refractivity contribution >= 4 is 45.8 Å². The van der Waals surface area contributed by atoms with Crippen LogP contribution in [0, 0.1) is 0 Å². The number of fused-ring (bicyclic) bond motifs is 3. The Kier molecular flexibility index (Phi) is 4.72. The highest BCUT2D eigenvalue weighted by molar-refractivity contribution is 7.79. The zero-order chi connectivity index (χ0) is 20.7. The van der Waals surface area contributed by atoms with Crippen molar-refractivity contribution in [3.63, 3.8) is 0 Å². The van der Waals surface area contributed by atoms with Gasteiger partial charge < -0.3 is 4.42 Å². The molecule has 148 valence electrons. The largest absolute Gasteiger partial charge is 0.455 e. The molecule has 2 heteroatoms. The molecular formula is C28H25OP. The Bertz CT molecular complexity index is 1270. The lowest BCUT2D eigenvalue weighted by Gasteiger charge is -2.24. The lowest BCUT2D eigenvalue weighted by molar-refractivity contribution is 0.580. The van der Waals surface area contributed by atoms with Gasteiger partial charge in [-0.15, -0.1) is 0 Å². The number of rotatable bonds is 3. The van der Waals surface area contributed by atoms with Crippen molar-refractivity contribution in [2.75, 3.05) is 0 Å². The molecule has 0 spiro atoms. The Morgan fingerprint density at radius 2 is 1.20 bits per heavy atom. The molecule has 0 unspecified atom stereocenters. The van der Waals surface area contributed by atoms with Gasteiger partial charge in [0.2, 0.25) is 0 Å². The predicted octanol–water partition coefficient (Wildman–Crippen LogP) is 6.64. The first-order chi connectivity index (χ1) is 14.5. The summed E-state index contributed by atoms with van der Waals surface area (Å²) in [5, 5.41) is 6.41. The van der Waals surface area contributed by atoms with E-state index in [1.807, 2.05) is 0 Å². The van der Waals surface area contributed by atoms with E-state index in [-0.39, 0.29) is 5.41 Å². The average molecular weight is 408 g/mol. The Morgan fingerprint density at radius 3 is 1.80 bits per heavy atom. The van der Waals surface area contributed by atoms with Gasteiger partial charge in [0.1, 0.15) is 11.1 Å². The number of benzene rings is 4. The van der Waals surface area contributed by atoms with Gasteiger partial charge >= 0.3 is 0 Å². The van der Waals surface area contributed by atoms with Gasteiger partial charge in [0, 0.05) is 18.9 Å². The third-order valence-electron chi connectivity index (χ3n) is 5.54. The van der Waals surface area contributed by atoms with Crippen LogP contribution in [0.4, 0.5) is 0 Å². The van der Waals surface area contributed by atoms with E-state index in [4.69, 9.17) is 4.42 Å². The van der Waals surface area contributed by atoms with Crippen LogP contribution in [0.3, 0.4) is 0 Å². The van der Waals surface area contributed by atoms with E-state index >= 15 is 0 Å². The second-order valence-corrected chi connectivity index (χ2v) is 10.8. The number of hydrogen-bond donors (Lipinski definition) is 0. The zero-order valence-electron chi connectivity index (χ0n) is 17.6. The molecule has 0 amide bonds. The van der Waals surface area contributed by atoms with Crippen LogP contribution in [-0.4, -0.2) is 0 Å². The standard InChI is InChI=1S/C28H25OP/c1-28(2,3)26-25-23-17-11-10-12-20(23)18-19-24(25)29-27(26)30(21-13-6-4-7-14-21)22-15-8-5-9-16-22/h4-19H,1-3H3. The molecule has 0 saturated carbocycles. The van der Waals surface area contributed by atoms with Gasteiger partial charge in [0.25, 0.3) is 0 Å². The highest BCUT2D eigenvalue weighted by atomic mass is 31.1. The van der Waals surface area contributed by atoms with Crippen molar-refractivity contribution in [2.45, 2.75) is 26.2 Å². The highest BCUT2D eigenvalue weighted by Gasteiger charge is 2.32. The number of hydrogen-bond acceptors (Lipinski definition) is 1. The van der Waals surface area contributed by atoms with Crippen LogP contribution in [0.25, 0.3) is 21.7 Å². The molecule has 0 N–H and O–H groups in total. The van der Waals surface area contributed by atoms with Crippen molar-refractivity contribution in [1.82, 2.24) is 0 Å². The van der Waals surface area contributed by atoms with Crippen LogP contribution >= 0.6 is 7.92 Å². The van der Waals surface area contributed by atoms with Crippen LogP contribution in [0.5, 0.6) is 0 Å². The molecule has 0 saturated heterocycles.